The van der Waals surface area contributed by atoms with Gasteiger partial charge in [0.25, 0.3) is 5.91 Å². The smallest absolute Gasteiger partial charge is 0.256 e. The zero-order chi connectivity index (χ0) is 18.5. The lowest BCUT2D eigenvalue weighted by Gasteiger charge is -2.21. The number of aliphatic hydroxyl groups excluding tert-OH is 1. The first-order valence-corrected chi connectivity index (χ1v) is 8.65. The van der Waals surface area contributed by atoms with E-state index in [9.17, 15) is 9.90 Å². The number of benzene rings is 2. The molecule has 0 bridgehead atoms. The van der Waals surface area contributed by atoms with Crippen molar-refractivity contribution in [3.05, 3.63) is 89.0 Å². The van der Waals surface area contributed by atoms with Gasteiger partial charge in [-0.1, -0.05) is 60.1 Å². The van der Waals surface area contributed by atoms with Crippen molar-refractivity contribution in [3.63, 3.8) is 0 Å². The molecule has 0 radical (unpaired) electrons. The van der Waals surface area contributed by atoms with Gasteiger partial charge < -0.3 is 14.6 Å². The molecule has 5 nitrogen and oxygen atoms in total. The highest BCUT2D eigenvalue weighted by Gasteiger charge is 2.24. The molecule has 1 heterocycles. The highest BCUT2D eigenvalue weighted by atomic mass is 35.5. The van der Waals surface area contributed by atoms with E-state index < -0.39 is 12.0 Å². The van der Waals surface area contributed by atoms with Gasteiger partial charge in [-0.2, -0.15) is 0 Å². The number of aromatic nitrogens is 2. The van der Waals surface area contributed by atoms with Crippen molar-refractivity contribution in [1.82, 2.24) is 14.5 Å². The number of amides is 1. The molecule has 134 valence electrons. The first-order chi connectivity index (χ1) is 12.6. The number of likely N-dealkylation sites (N-methyl/N-ethyl adjacent to an activating group) is 1. The normalized spacial score (nSPS) is 12.0. The topological polar surface area (TPSA) is 58.4 Å². The number of imidazole rings is 1. The summed E-state index contributed by atoms with van der Waals surface area (Å²) in [4.78, 5) is 18.4. The van der Waals surface area contributed by atoms with Crippen molar-refractivity contribution in [3.8, 4) is 0 Å². The summed E-state index contributed by atoms with van der Waals surface area (Å²) in [7, 11) is 1.64. The van der Waals surface area contributed by atoms with Gasteiger partial charge in [-0.25, -0.2) is 4.98 Å². The molecule has 0 aliphatic heterocycles. The third kappa shape index (κ3) is 4.12. The summed E-state index contributed by atoms with van der Waals surface area (Å²) in [5, 5.41) is 10.7. The van der Waals surface area contributed by atoms with Gasteiger partial charge in [0.2, 0.25) is 0 Å². The number of rotatable bonds is 6. The van der Waals surface area contributed by atoms with Crippen LogP contribution in [-0.4, -0.2) is 32.5 Å². The average molecular weight is 370 g/mol. The van der Waals surface area contributed by atoms with Gasteiger partial charge in [0.15, 0.2) is 6.10 Å². The van der Waals surface area contributed by atoms with E-state index >= 15 is 0 Å². The van der Waals surface area contributed by atoms with E-state index in [0.29, 0.717) is 23.7 Å². The van der Waals surface area contributed by atoms with Crippen LogP contribution in [0, 0.1) is 0 Å². The molecule has 1 aromatic heterocycles. The van der Waals surface area contributed by atoms with Crippen LogP contribution in [0.2, 0.25) is 5.02 Å². The van der Waals surface area contributed by atoms with Crippen LogP contribution < -0.4 is 0 Å². The van der Waals surface area contributed by atoms with Crippen molar-refractivity contribution < 1.29 is 9.90 Å². The number of carbonyl (C=O) groups is 1. The zero-order valence-electron chi connectivity index (χ0n) is 14.4. The lowest BCUT2D eigenvalue weighted by Crippen LogP contribution is -2.32. The lowest BCUT2D eigenvalue weighted by atomic mass is 10.1. The molecule has 1 unspecified atom stereocenters. The molecular formula is C20H20ClN3O2. The summed E-state index contributed by atoms with van der Waals surface area (Å²) in [6.07, 6.45) is 2.29. The summed E-state index contributed by atoms with van der Waals surface area (Å²) < 4.78 is 1.99. The molecule has 26 heavy (non-hydrogen) atoms. The van der Waals surface area contributed by atoms with Crippen LogP contribution in [0.1, 0.15) is 23.1 Å². The fourth-order valence-electron chi connectivity index (χ4n) is 2.74. The first-order valence-electron chi connectivity index (χ1n) is 8.27. The van der Waals surface area contributed by atoms with Crippen molar-refractivity contribution >= 4 is 17.5 Å². The Hall–Kier alpha value is -2.63. The highest BCUT2D eigenvalue weighted by molar-refractivity contribution is 6.31. The Balaban J connectivity index is 1.70. The zero-order valence-corrected chi connectivity index (χ0v) is 15.2. The van der Waals surface area contributed by atoms with E-state index in [1.165, 1.54) is 4.90 Å². The van der Waals surface area contributed by atoms with Gasteiger partial charge in [0, 0.05) is 36.6 Å². The monoisotopic (exact) mass is 369 g/mol. The molecule has 0 saturated carbocycles. The quantitative estimate of drug-likeness (QED) is 0.725. The molecular weight excluding hydrogens is 350 g/mol. The molecule has 0 spiro atoms. The molecule has 0 aliphatic rings. The minimum Gasteiger partial charge on any atom is -0.378 e. The number of nitrogens with zero attached hydrogens (tertiary/aromatic N) is 3. The van der Waals surface area contributed by atoms with Gasteiger partial charge in [0.1, 0.15) is 5.82 Å². The summed E-state index contributed by atoms with van der Waals surface area (Å²) in [6, 6.07) is 16.8. The third-order valence-corrected chi connectivity index (χ3v) is 4.53. The fraction of sp³-hybridized carbons (Fsp3) is 0.200. The maximum absolute atomic E-state index is 12.6. The van der Waals surface area contributed by atoms with Crippen molar-refractivity contribution in [2.75, 3.05) is 7.05 Å². The molecule has 1 amide bonds. The molecule has 0 fully saturated rings. The van der Waals surface area contributed by atoms with E-state index in [4.69, 9.17) is 11.6 Å². The second-order valence-corrected chi connectivity index (χ2v) is 6.48. The number of hydrogen-bond acceptors (Lipinski definition) is 3. The predicted octanol–water partition coefficient (Wildman–Crippen LogP) is 3.28. The van der Waals surface area contributed by atoms with Gasteiger partial charge in [-0.3, -0.25) is 4.79 Å². The maximum atomic E-state index is 12.6. The van der Waals surface area contributed by atoms with Crippen molar-refractivity contribution in [2.24, 2.45) is 0 Å². The van der Waals surface area contributed by atoms with E-state index in [1.807, 2.05) is 41.1 Å². The molecule has 1 N–H and O–H groups in total. The van der Waals surface area contributed by atoms with Crippen molar-refractivity contribution in [1.29, 1.82) is 0 Å². The Bertz CT molecular complexity index is 880. The molecule has 1 atom stereocenters. The van der Waals surface area contributed by atoms with E-state index in [-0.39, 0.29) is 0 Å². The van der Waals surface area contributed by atoms with Crippen LogP contribution in [0.25, 0.3) is 0 Å². The second kappa shape index (κ2) is 8.17. The van der Waals surface area contributed by atoms with Crippen LogP contribution in [-0.2, 0) is 17.9 Å². The van der Waals surface area contributed by atoms with Gasteiger partial charge in [-0.05, 0) is 11.6 Å². The average Bonchev–Trinajstić information content (AvgIpc) is 3.08. The van der Waals surface area contributed by atoms with Gasteiger partial charge in [-0.15, -0.1) is 0 Å². The van der Waals surface area contributed by atoms with E-state index in [1.54, 1.807) is 37.5 Å². The maximum Gasteiger partial charge on any atom is 0.256 e. The van der Waals surface area contributed by atoms with Crippen LogP contribution >= 0.6 is 11.6 Å². The largest absolute Gasteiger partial charge is 0.378 e. The van der Waals surface area contributed by atoms with Crippen LogP contribution in [0.15, 0.2) is 67.0 Å². The minimum absolute atomic E-state index is 0.292. The highest BCUT2D eigenvalue weighted by Crippen LogP contribution is 2.24. The Morgan fingerprint density at radius 3 is 2.62 bits per heavy atom. The number of halogens is 1. The number of hydrogen-bond donors (Lipinski definition) is 1. The van der Waals surface area contributed by atoms with Crippen molar-refractivity contribution in [2.45, 2.75) is 19.2 Å². The second-order valence-electron chi connectivity index (χ2n) is 6.08. The van der Waals surface area contributed by atoms with Gasteiger partial charge in [0.05, 0.1) is 6.54 Å². The van der Waals surface area contributed by atoms with E-state index in [0.717, 1.165) is 11.4 Å². The van der Waals surface area contributed by atoms with E-state index in [2.05, 4.69) is 4.98 Å². The summed E-state index contributed by atoms with van der Waals surface area (Å²) in [5.41, 5.74) is 1.55. The third-order valence-electron chi connectivity index (χ3n) is 4.19. The molecule has 6 heteroatoms. The molecule has 0 aliphatic carbocycles. The Kier molecular flexibility index (Phi) is 5.71. The SMILES string of the molecule is CN(Cc1nccn1Cc1ccccc1)C(=O)C(O)c1ccccc1Cl. The summed E-state index contributed by atoms with van der Waals surface area (Å²) in [5.74, 6) is 0.323. The Morgan fingerprint density at radius 1 is 1.19 bits per heavy atom. The Morgan fingerprint density at radius 2 is 1.88 bits per heavy atom. The molecule has 2 aromatic carbocycles. The Labute approximate surface area is 157 Å². The summed E-state index contributed by atoms with van der Waals surface area (Å²) >= 11 is 6.08. The van der Waals surface area contributed by atoms with Crippen LogP contribution in [0.3, 0.4) is 0 Å². The summed E-state index contributed by atoms with van der Waals surface area (Å²) in [6.45, 7) is 0.964. The predicted molar refractivity (Wildman–Crippen MR) is 101 cm³/mol. The molecule has 3 aromatic rings. The number of carbonyl (C=O) groups excluding carboxylic acids is 1. The molecule has 0 saturated heterocycles. The standard InChI is InChI=1S/C20H20ClN3O2/c1-23(20(26)19(25)16-9-5-6-10-17(16)21)14-18-22-11-12-24(18)13-15-7-3-2-4-8-15/h2-12,19,25H,13-14H2,1H3. The number of aliphatic hydroxyl groups is 1. The fourth-order valence-corrected chi connectivity index (χ4v) is 2.98. The minimum atomic E-state index is -1.30. The first kappa shape index (κ1) is 18.2. The van der Waals surface area contributed by atoms with Crippen LogP contribution in [0.4, 0.5) is 0 Å². The van der Waals surface area contributed by atoms with Crippen LogP contribution in [0.5, 0.6) is 0 Å². The molecule has 3 rings (SSSR count). The lowest BCUT2D eigenvalue weighted by molar-refractivity contribution is -0.139. The van der Waals surface area contributed by atoms with Gasteiger partial charge >= 0.3 is 0 Å².